The van der Waals surface area contributed by atoms with Crippen LogP contribution < -0.4 is 5.32 Å². The van der Waals surface area contributed by atoms with Crippen LogP contribution in [0.1, 0.15) is 18.2 Å². The van der Waals surface area contributed by atoms with Gasteiger partial charge in [-0.1, -0.05) is 30.7 Å². The summed E-state index contributed by atoms with van der Waals surface area (Å²) in [6.45, 7) is 7.85. The van der Waals surface area contributed by atoms with Gasteiger partial charge in [0.1, 0.15) is 17.3 Å². The number of nitrogens with one attached hydrogen (secondary N) is 1. The molecular formula is C23H27ClN4O3. The zero-order chi connectivity index (χ0) is 21.8. The second-order valence-corrected chi connectivity index (χ2v) is 7.97. The fourth-order valence-corrected chi connectivity index (χ4v) is 3.90. The third kappa shape index (κ3) is 4.85. The SMILES string of the molecule is CCNCc1cnc(-c2cc(Cl)c(O)cc2O)n1-c1ccc(CN2CCOCC2)cc1. The van der Waals surface area contributed by atoms with E-state index in [1.54, 1.807) is 6.20 Å². The van der Waals surface area contributed by atoms with Gasteiger partial charge >= 0.3 is 0 Å². The molecule has 1 aliphatic heterocycles. The fraction of sp³-hybridized carbons (Fsp3) is 0.348. The van der Waals surface area contributed by atoms with Crippen molar-refractivity contribution in [3.8, 4) is 28.6 Å². The predicted octanol–water partition coefficient (Wildman–Crippen LogP) is 3.55. The molecule has 2 heterocycles. The fourth-order valence-electron chi connectivity index (χ4n) is 3.74. The summed E-state index contributed by atoms with van der Waals surface area (Å²) in [5.41, 5.74) is 3.59. The number of benzene rings is 2. The molecule has 1 fully saturated rings. The van der Waals surface area contributed by atoms with Crippen molar-refractivity contribution < 1.29 is 14.9 Å². The highest BCUT2D eigenvalue weighted by molar-refractivity contribution is 6.32. The van der Waals surface area contributed by atoms with Gasteiger partial charge in [-0.15, -0.1) is 0 Å². The molecule has 8 heteroatoms. The number of hydrogen-bond donors (Lipinski definition) is 3. The molecule has 3 N–H and O–H groups in total. The van der Waals surface area contributed by atoms with Crippen molar-refractivity contribution in [2.75, 3.05) is 32.8 Å². The van der Waals surface area contributed by atoms with Gasteiger partial charge in [0.05, 0.1) is 35.7 Å². The largest absolute Gasteiger partial charge is 0.507 e. The standard InChI is InChI=1S/C23H27ClN4O3/c1-2-25-13-18-14-26-23(19-11-20(24)22(30)12-21(19)29)28(18)17-5-3-16(4-6-17)15-27-7-9-31-10-8-27/h3-6,11-12,14,25,29-30H,2,7-10,13,15H2,1H3. The van der Waals surface area contributed by atoms with Gasteiger partial charge in [-0.2, -0.15) is 0 Å². The zero-order valence-corrected chi connectivity index (χ0v) is 18.3. The quantitative estimate of drug-likeness (QED) is 0.519. The molecule has 0 saturated carbocycles. The van der Waals surface area contributed by atoms with E-state index < -0.39 is 0 Å². The number of phenolic OH excluding ortho intramolecular Hbond substituents is 2. The average Bonchev–Trinajstić information content (AvgIpc) is 3.19. The Labute approximate surface area is 186 Å². The molecule has 1 saturated heterocycles. The van der Waals surface area contributed by atoms with Gasteiger partial charge < -0.3 is 20.3 Å². The summed E-state index contributed by atoms with van der Waals surface area (Å²) >= 11 is 6.11. The average molecular weight is 443 g/mol. The number of halogens is 1. The number of nitrogens with zero attached hydrogens (tertiary/aromatic N) is 3. The van der Waals surface area contributed by atoms with E-state index >= 15 is 0 Å². The van der Waals surface area contributed by atoms with E-state index in [4.69, 9.17) is 16.3 Å². The monoisotopic (exact) mass is 442 g/mol. The number of aromatic nitrogens is 2. The first kappa shape index (κ1) is 21.6. The van der Waals surface area contributed by atoms with Crippen molar-refractivity contribution in [2.45, 2.75) is 20.0 Å². The Bertz CT molecular complexity index is 1030. The van der Waals surface area contributed by atoms with Crippen molar-refractivity contribution in [3.05, 3.63) is 58.9 Å². The number of ether oxygens (including phenoxy) is 1. The molecule has 164 valence electrons. The smallest absolute Gasteiger partial charge is 0.148 e. The first-order valence-corrected chi connectivity index (χ1v) is 10.8. The normalized spacial score (nSPS) is 14.8. The van der Waals surface area contributed by atoms with Crippen LogP contribution in [0.4, 0.5) is 0 Å². The molecule has 0 unspecified atom stereocenters. The van der Waals surface area contributed by atoms with Crippen molar-refractivity contribution in [2.24, 2.45) is 0 Å². The van der Waals surface area contributed by atoms with E-state index in [2.05, 4.69) is 39.5 Å². The lowest BCUT2D eigenvalue weighted by atomic mass is 10.1. The van der Waals surface area contributed by atoms with Crippen LogP contribution in [0.5, 0.6) is 11.5 Å². The van der Waals surface area contributed by atoms with Crippen molar-refractivity contribution in [1.29, 1.82) is 0 Å². The minimum Gasteiger partial charge on any atom is -0.507 e. The van der Waals surface area contributed by atoms with E-state index in [1.807, 2.05) is 11.5 Å². The molecule has 0 atom stereocenters. The Morgan fingerprint density at radius 2 is 1.84 bits per heavy atom. The second kappa shape index (κ2) is 9.70. The molecule has 2 aromatic carbocycles. The van der Waals surface area contributed by atoms with E-state index in [9.17, 15) is 10.2 Å². The highest BCUT2D eigenvalue weighted by Crippen LogP contribution is 2.38. The topological polar surface area (TPSA) is 82.8 Å². The van der Waals surface area contributed by atoms with Crippen LogP contribution in [0, 0.1) is 0 Å². The lowest BCUT2D eigenvalue weighted by molar-refractivity contribution is 0.0342. The molecule has 0 radical (unpaired) electrons. The van der Waals surface area contributed by atoms with Crippen LogP contribution in [0.3, 0.4) is 0 Å². The molecule has 0 spiro atoms. The van der Waals surface area contributed by atoms with Crippen molar-refractivity contribution in [3.63, 3.8) is 0 Å². The van der Waals surface area contributed by atoms with Crippen LogP contribution >= 0.6 is 11.6 Å². The molecule has 7 nitrogen and oxygen atoms in total. The van der Waals surface area contributed by atoms with Gasteiger partial charge in [0, 0.05) is 37.9 Å². The lowest BCUT2D eigenvalue weighted by Gasteiger charge is -2.26. The Kier molecular flexibility index (Phi) is 6.77. The van der Waals surface area contributed by atoms with Crippen LogP contribution in [0.2, 0.25) is 5.02 Å². The lowest BCUT2D eigenvalue weighted by Crippen LogP contribution is -2.35. The van der Waals surface area contributed by atoms with Gasteiger partial charge in [-0.3, -0.25) is 9.47 Å². The molecule has 1 aromatic heterocycles. The Morgan fingerprint density at radius 1 is 1.10 bits per heavy atom. The summed E-state index contributed by atoms with van der Waals surface area (Å²) in [7, 11) is 0. The van der Waals surface area contributed by atoms with Crippen LogP contribution in [0.25, 0.3) is 17.1 Å². The van der Waals surface area contributed by atoms with Crippen LogP contribution in [-0.4, -0.2) is 57.5 Å². The van der Waals surface area contributed by atoms with Gasteiger partial charge in [-0.25, -0.2) is 4.98 Å². The summed E-state index contributed by atoms with van der Waals surface area (Å²) in [5.74, 6) is 0.322. The summed E-state index contributed by atoms with van der Waals surface area (Å²) in [6, 6.07) is 11.1. The summed E-state index contributed by atoms with van der Waals surface area (Å²) < 4.78 is 7.43. The van der Waals surface area contributed by atoms with Gasteiger partial charge in [0.25, 0.3) is 0 Å². The molecule has 0 amide bonds. The zero-order valence-electron chi connectivity index (χ0n) is 17.5. The number of aromatic hydroxyl groups is 2. The van der Waals surface area contributed by atoms with E-state index in [-0.39, 0.29) is 16.5 Å². The molecular weight excluding hydrogens is 416 g/mol. The molecule has 3 aromatic rings. The predicted molar refractivity (Wildman–Crippen MR) is 121 cm³/mol. The van der Waals surface area contributed by atoms with Crippen LogP contribution in [-0.2, 0) is 17.8 Å². The summed E-state index contributed by atoms with van der Waals surface area (Å²) in [4.78, 5) is 6.95. The molecule has 31 heavy (non-hydrogen) atoms. The first-order valence-electron chi connectivity index (χ1n) is 10.5. The third-order valence-electron chi connectivity index (χ3n) is 5.40. The maximum absolute atomic E-state index is 10.4. The minimum absolute atomic E-state index is 0.0762. The Balaban J connectivity index is 1.69. The summed E-state index contributed by atoms with van der Waals surface area (Å²) in [6.07, 6.45) is 1.79. The maximum atomic E-state index is 10.4. The van der Waals surface area contributed by atoms with Crippen LogP contribution in [0.15, 0.2) is 42.6 Å². The Hall–Kier alpha value is -2.58. The molecule has 0 aliphatic carbocycles. The van der Waals surface area contributed by atoms with Crippen molar-refractivity contribution in [1.82, 2.24) is 19.8 Å². The summed E-state index contributed by atoms with van der Waals surface area (Å²) in [5, 5.41) is 23.7. The first-order chi connectivity index (χ1) is 15.1. The third-order valence-corrected chi connectivity index (χ3v) is 5.70. The second-order valence-electron chi connectivity index (χ2n) is 7.56. The molecule has 0 bridgehead atoms. The highest BCUT2D eigenvalue weighted by atomic mass is 35.5. The number of morpholine rings is 1. The van der Waals surface area contributed by atoms with Gasteiger partial charge in [0.2, 0.25) is 0 Å². The maximum Gasteiger partial charge on any atom is 0.148 e. The van der Waals surface area contributed by atoms with Gasteiger partial charge in [-0.05, 0) is 30.3 Å². The number of phenols is 2. The molecule has 1 aliphatic rings. The number of hydrogen-bond acceptors (Lipinski definition) is 6. The van der Waals surface area contributed by atoms with E-state index in [1.165, 1.54) is 17.7 Å². The number of imidazole rings is 1. The van der Waals surface area contributed by atoms with Crippen molar-refractivity contribution >= 4 is 11.6 Å². The highest BCUT2D eigenvalue weighted by Gasteiger charge is 2.19. The molecule has 4 rings (SSSR count). The Morgan fingerprint density at radius 3 is 2.55 bits per heavy atom. The van der Waals surface area contributed by atoms with E-state index in [0.717, 1.165) is 50.8 Å². The minimum atomic E-state index is -0.165. The van der Waals surface area contributed by atoms with Gasteiger partial charge in [0.15, 0.2) is 0 Å². The number of rotatable bonds is 7. The van der Waals surface area contributed by atoms with E-state index in [0.29, 0.717) is 17.9 Å².